The van der Waals surface area contributed by atoms with Crippen molar-refractivity contribution in [2.75, 3.05) is 20.1 Å². The van der Waals surface area contributed by atoms with Crippen molar-refractivity contribution in [1.29, 1.82) is 5.41 Å². The number of rotatable bonds is 7. The van der Waals surface area contributed by atoms with Crippen LogP contribution in [0.3, 0.4) is 0 Å². The zero-order valence-electron chi connectivity index (χ0n) is 9.14. The summed E-state index contributed by atoms with van der Waals surface area (Å²) in [5, 5.41) is 7.11. The molecule has 78 valence electrons. The van der Waals surface area contributed by atoms with Crippen LogP contribution in [-0.2, 0) is 0 Å². The molecule has 0 radical (unpaired) electrons. The van der Waals surface area contributed by atoms with Crippen LogP contribution >= 0.6 is 0 Å². The maximum absolute atomic E-state index is 7.11. The summed E-state index contributed by atoms with van der Waals surface area (Å²) in [6, 6.07) is 0. The predicted octanol–water partition coefficient (Wildman–Crippen LogP) is 1.68. The number of nitrogens with one attached hydrogen (secondary N) is 1. The molecule has 0 heterocycles. The minimum absolute atomic E-state index is 0.288. The molecule has 0 aromatic carbocycles. The molecular formula is C10H23N3. The second-order valence-corrected chi connectivity index (χ2v) is 3.72. The van der Waals surface area contributed by atoms with Crippen molar-refractivity contribution in [2.24, 2.45) is 11.7 Å². The van der Waals surface area contributed by atoms with Gasteiger partial charge >= 0.3 is 0 Å². The van der Waals surface area contributed by atoms with Crippen LogP contribution in [0.2, 0.25) is 0 Å². The van der Waals surface area contributed by atoms with Gasteiger partial charge in [-0.3, -0.25) is 5.41 Å². The third kappa shape index (κ3) is 6.58. The van der Waals surface area contributed by atoms with Gasteiger partial charge in [0.25, 0.3) is 0 Å². The molecule has 0 aliphatic heterocycles. The van der Waals surface area contributed by atoms with E-state index in [9.17, 15) is 0 Å². The van der Waals surface area contributed by atoms with Gasteiger partial charge in [-0.05, 0) is 13.0 Å². The fraction of sp³-hybridized carbons (Fsp3) is 0.900. The fourth-order valence-corrected chi connectivity index (χ4v) is 1.39. The largest absolute Gasteiger partial charge is 0.388 e. The summed E-state index contributed by atoms with van der Waals surface area (Å²) in [6.07, 6.45) is 3.17. The first-order valence-corrected chi connectivity index (χ1v) is 5.11. The molecule has 0 saturated heterocycles. The molecule has 0 bridgehead atoms. The summed E-state index contributed by atoms with van der Waals surface area (Å²) < 4.78 is 0. The number of hydrogen-bond acceptors (Lipinski definition) is 2. The first-order valence-electron chi connectivity index (χ1n) is 5.11. The Kier molecular flexibility index (Phi) is 6.59. The first kappa shape index (κ1) is 12.4. The lowest BCUT2D eigenvalue weighted by Gasteiger charge is -2.21. The molecule has 0 unspecified atom stereocenters. The van der Waals surface area contributed by atoms with Gasteiger partial charge in [-0.25, -0.2) is 0 Å². The van der Waals surface area contributed by atoms with Crippen LogP contribution in [-0.4, -0.2) is 30.9 Å². The van der Waals surface area contributed by atoms with E-state index in [1.165, 1.54) is 12.8 Å². The van der Waals surface area contributed by atoms with Gasteiger partial charge < -0.3 is 10.6 Å². The third-order valence-corrected chi connectivity index (χ3v) is 2.49. The van der Waals surface area contributed by atoms with Gasteiger partial charge in [-0.15, -0.1) is 0 Å². The Morgan fingerprint density at radius 3 is 2.31 bits per heavy atom. The van der Waals surface area contributed by atoms with Crippen molar-refractivity contribution in [3.63, 3.8) is 0 Å². The minimum atomic E-state index is 0.288. The summed E-state index contributed by atoms with van der Waals surface area (Å²) in [4.78, 5) is 2.26. The average molecular weight is 185 g/mol. The molecule has 3 nitrogen and oxygen atoms in total. The number of nitrogens with zero attached hydrogens (tertiary/aromatic N) is 1. The minimum Gasteiger partial charge on any atom is -0.388 e. The van der Waals surface area contributed by atoms with Gasteiger partial charge in [0.1, 0.15) is 0 Å². The van der Waals surface area contributed by atoms with Gasteiger partial charge in [0.05, 0.1) is 5.84 Å². The quantitative estimate of drug-likeness (QED) is 0.468. The van der Waals surface area contributed by atoms with Gasteiger partial charge in [-0.2, -0.15) is 0 Å². The summed E-state index contributed by atoms with van der Waals surface area (Å²) in [5.41, 5.74) is 5.29. The molecule has 0 saturated carbocycles. The van der Waals surface area contributed by atoms with E-state index in [-0.39, 0.29) is 5.84 Å². The molecule has 13 heavy (non-hydrogen) atoms. The summed E-state index contributed by atoms with van der Waals surface area (Å²) in [6.45, 7) is 6.49. The fourth-order valence-electron chi connectivity index (χ4n) is 1.39. The molecule has 3 N–H and O–H groups in total. The Bertz CT molecular complexity index is 141. The molecule has 0 aliphatic carbocycles. The Labute approximate surface area is 81.8 Å². The first-order chi connectivity index (χ1) is 6.10. The highest BCUT2D eigenvalue weighted by Gasteiger charge is 2.07. The second kappa shape index (κ2) is 6.89. The summed E-state index contributed by atoms with van der Waals surface area (Å²) in [7, 11) is 2.10. The second-order valence-electron chi connectivity index (χ2n) is 3.72. The SMILES string of the molecule is CCC(CC)CN(C)CCC(=N)N. The molecule has 0 amide bonds. The van der Waals surface area contributed by atoms with E-state index in [0.29, 0.717) is 6.42 Å². The van der Waals surface area contributed by atoms with E-state index in [0.717, 1.165) is 19.0 Å². The van der Waals surface area contributed by atoms with E-state index in [4.69, 9.17) is 11.1 Å². The molecule has 0 rings (SSSR count). The number of amidine groups is 1. The van der Waals surface area contributed by atoms with E-state index >= 15 is 0 Å². The summed E-state index contributed by atoms with van der Waals surface area (Å²) >= 11 is 0. The van der Waals surface area contributed by atoms with E-state index in [1.807, 2.05) is 0 Å². The zero-order chi connectivity index (χ0) is 10.3. The highest BCUT2D eigenvalue weighted by molar-refractivity contribution is 5.76. The average Bonchev–Trinajstić information content (AvgIpc) is 2.10. The lowest BCUT2D eigenvalue weighted by molar-refractivity contribution is 0.273. The Morgan fingerprint density at radius 1 is 1.38 bits per heavy atom. The van der Waals surface area contributed by atoms with Crippen LogP contribution in [0.4, 0.5) is 0 Å². The zero-order valence-corrected chi connectivity index (χ0v) is 9.14. The predicted molar refractivity (Wildman–Crippen MR) is 58.1 cm³/mol. The molecular weight excluding hydrogens is 162 g/mol. The van der Waals surface area contributed by atoms with Gasteiger partial charge in [-0.1, -0.05) is 26.7 Å². The smallest absolute Gasteiger partial charge is 0.0918 e. The van der Waals surface area contributed by atoms with Crippen LogP contribution < -0.4 is 5.73 Å². The number of nitrogens with two attached hydrogens (primary N) is 1. The lowest BCUT2D eigenvalue weighted by Crippen LogP contribution is -2.28. The monoisotopic (exact) mass is 185 g/mol. The number of hydrogen-bond donors (Lipinski definition) is 2. The molecule has 0 fully saturated rings. The van der Waals surface area contributed by atoms with Crippen LogP contribution in [0.15, 0.2) is 0 Å². The maximum Gasteiger partial charge on any atom is 0.0918 e. The van der Waals surface area contributed by atoms with Crippen molar-refractivity contribution >= 4 is 5.84 Å². The molecule has 0 aromatic rings. The third-order valence-electron chi connectivity index (χ3n) is 2.49. The molecule has 0 aliphatic rings. The van der Waals surface area contributed by atoms with Crippen molar-refractivity contribution < 1.29 is 0 Å². The maximum atomic E-state index is 7.11. The standard InChI is InChI=1S/C10H23N3/c1-4-9(5-2)8-13(3)7-6-10(11)12/h9H,4-8H2,1-3H3,(H3,11,12). The van der Waals surface area contributed by atoms with Crippen molar-refractivity contribution in [2.45, 2.75) is 33.1 Å². The molecule has 0 aromatic heterocycles. The highest BCUT2D eigenvalue weighted by atomic mass is 15.1. The molecule has 0 atom stereocenters. The highest BCUT2D eigenvalue weighted by Crippen LogP contribution is 2.08. The lowest BCUT2D eigenvalue weighted by atomic mass is 10.0. The molecule has 0 spiro atoms. The Balaban J connectivity index is 3.59. The van der Waals surface area contributed by atoms with E-state index in [2.05, 4.69) is 25.8 Å². The van der Waals surface area contributed by atoms with Gasteiger partial charge in [0.2, 0.25) is 0 Å². The van der Waals surface area contributed by atoms with Gasteiger partial charge in [0, 0.05) is 19.5 Å². The van der Waals surface area contributed by atoms with E-state index < -0.39 is 0 Å². The Morgan fingerprint density at radius 2 is 1.92 bits per heavy atom. The van der Waals surface area contributed by atoms with Crippen molar-refractivity contribution in [3.05, 3.63) is 0 Å². The summed E-state index contributed by atoms with van der Waals surface area (Å²) in [5.74, 6) is 1.08. The van der Waals surface area contributed by atoms with Gasteiger partial charge in [0.15, 0.2) is 0 Å². The topological polar surface area (TPSA) is 53.1 Å². The van der Waals surface area contributed by atoms with Crippen LogP contribution in [0.1, 0.15) is 33.1 Å². The van der Waals surface area contributed by atoms with Crippen LogP contribution in [0, 0.1) is 11.3 Å². The Hall–Kier alpha value is -0.570. The normalized spacial score (nSPS) is 11.2. The van der Waals surface area contributed by atoms with Crippen LogP contribution in [0.25, 0.3) is 0 Å². The van der Waals surface area contributed by atoms with Crippen molar-refractivity contribution in [3.8, 4) is 0 Å². The molecule has 3 heteroatoms. The van der Waals surface area contributed by atoms with Crippen molar-refractivity contribution in [1.82, 2.24) is 4.90 Å². The van der Waals surface area contributed by atoms with Crippen LogP contribution in [0.5, 0.6) is 0 Å². The van der Waals surface area contributed by atoms with E-state index in [1.54, 1.807) is 0 Å².